The molecule has 3 nitrogen and oxygen atoms in total. The van der Waals surface area contributed by atoms with Gasteiger partial charge in [0, 0.05) is 19.6 Å². The smallest absolute Gasteiger partial charge is 0.389 e. The number of benzene rings is 1. The minimum Gasteiger partial charge on any atom is -0.389 e. The molecule has 1 aromatic rings. The average Bonchev–Trinajstić information content (AvgIpc) is 2.44. The molecule has 0 aliphatic carbocycles. The van der Waals surface area contributed by atoms with Gasteiger partial charge in [-0.15, -0.1) is 0 Å². The molecule has 22 heavy (non-hydrogen) atoms. The zero-order chi connectivity index (χ0) is 16.5. The van der Waals surface area contributed by atoms with Gasteiger partial charge in [-0.1, -0.05) is 13.0 Å². The molecule has 0 aromatic heterocycles. The van der Waals surface area contributed by atoms with Crippen LogP contribution in [-0.2, 0) is 12.7 Å². The number of nitrogens with zero attached hydrogens (tertiary/aromatic N) is 1. The van der Waals surface area contributed by atoms with Crippen LogP contribution in [0.3, 0.4) is 0 Å². The SMILES string of the molecule is CC[C@@]1(O)CCN(Cc2ccc(F)c(C(F)(F)F)c2)C[C@H]1O. The summed E-state index contributed by atoms with van der Waals surface area (Å²) in [4.78, 5) is 1.75. The summed E-state index contributed by atoms with van der Waals surface area (Å²) in [6.07, 6.45) is -4.92. The van der Waals surface area contributed by atoms with Crippen molar-refractivity contribution in [2.45, 2.75) is 44.2 Å². The van der Waals surface area contributed by atoms with E-state index >= 15 is 0 Å². The predicted molar refractivity (Wildman–Crippen MR) is 72.5 cm³/mol. The van der Waals surface area contributed by atoms with Crippen LogP contribution < -0.4 is 0 Å². The lowest BCUT2D eigenvalue weighted by Crippen LogP contribution is -2.54. The second-order valence-corrected chi connectivity index (χ2v) is 5.77. The van der Waals surface area contributed by atoms with E-state index in [0.717, 1.165) is 12.1 Å². The topological polar surface area (TPSA) is 43.7 Å². The first-order valence-corrected chi connectivity index (χ1v) is 7.14. The zero-order valence-electron chi connectivity index (χ0n) is 12.2. The summed E-state index contributed by atoms with van der Waals surface area (Å²) in [6.45, 7) is 2.57. The van der Waals surface area contributed by atoms with E-state index in [-0.39, 0.29) is 13.1 Å². The maximum absolute atomic E-state index is 13.2. The van der Waals surface area contributed by atoms with Crippen molar-refractivity contribution >= 4 is 0 Å². The van der Waals surface area contributed by atoms with Crippen LogP contribution in [0.2, 0.25) is 0 Å². The highest BCUT2D eigenvalue weighted by Crippen LogP contribution is 2.32. The molecule has 0 unspecified atom stereocenters. The number of likely N-dealkylation sites (tertiary alicyclic amines) is 1. The van der Waals surface area contributed by atoms with Gasteiger partial charge >= 0.3 is 6.18 Å². The van der Waals surface area contributed by atoms with Gasteiger partial charge in [0.2, 0.25) is 0 Å². The molecule has 2 atom stereocenters. The average molecular weight is 321 g/mol. The van der Waals surface area contributed by atoms with E-state index in [0.29, 0.717) is 24.9 Å². The fraction of sp³-hybridized carbons (Fsp3) is 0.600. The lowest BCUT2D eigenvalue weighted by atomic mass is 9.86. The number of aliphatic hydroxyl groups excluding tert-OH is 1. The standard InChI is InChI=1S/C15H19F4NO2/c1-2-14(22)5-6-20(9-13(14)21)8-10-3-4-12(16)11(7-10)15(17,18)19/h3-4,7,13,21-22H,2,5-6,8-9H2,1H3/t13-,14-/m1/s1. The van der Waals surface area contributed by atoms with Gasteiger partial charge in [-0.2, -0.15) is 13.2 Å². The monoisotopic (exact) mass is 321 g/mol. The number of β-amino-alcohol motifs (C(OH)–C–C–N with tert-alkyl or cyclic N) is 1. The Morgan fingerprint density at radius 2 is 2.05 bits per heavy atom. The molecular weight excluding hydrogens is 302 g/mol. The molecule has 0 saturated carbocycles. The van der Waals surface area contributed by atoms with E-state index in [2.05, 4.69) is 0 Å². The van der Waals surface area contributed by atoms with Crippen molar-refractivity contribution in [3.63, 3.8) is 0 Å². The molecule has 1 fully saturated rings. The van der Waals surface area contributed by atoms with E-state index < -0.39 is 29.3 Å². The summed E-state index contributed by atoms with van der Waals surface area (Å²) in [5.74, 6) is -1.30. The second-order valence-electron chi connectivity index (χ2n) is 5.77. The van der Waals surface area contributed by atoms with E-state index in [1.807, 2.05) is 0 Å². The molecule has 1 saturated heterocycles. The Labute approximate surface area is 126 Å². The van der Waals surface area contributed by atoms with Crippen LogP contribution in [0.5, 0.6) is 0 Å². The van der Waals surface area contributed by atoms with Gasteiger partial charge < -0.3 is 10.2 Å². The van der Waals surface area contributed by atoms with Crippen molar-refractivity contribution in [2.24, 2.45) is 0 Å². The number of aliphatic hydroxyl groups is 2. The highest BCUT2D eigenvalue weighted by Gasteiger charge is 2.39. The van der Waals surface area contributed by atoms with E-state index in [1.165, 1.54) is 6.07 Å². The molecule has 1 aliphatic rings. The van der Waals surface area contributed by atoms with Crippen LogP contribution in [0.4, 0.5) is 17.6 Å². The fourth-order valence-electron chi connectivity index (χ4n) is 2.73. The van der Waals surface area contributed by atoms with Gasteiger partial charge in [0.05, 0.1) is 17.3 Å². The lowest BCUT2D eigenvalue weighted by Gasteiger charge is -2.41. The maximum Gasteiger partial charge on any atom is 0.419 e. The number of halogens is 4. The zero-order valence-corrected chi connectivity index (χ0v) is 12.2. The molecule has 2 N–H and O–H groups in total. The van der Waals surface area contributed by atoms with Gasteiger partial charge in [-0.05, 0) is 30.5 Å². The Bertz CT molecular complexity index is 535. The third-order valence-electron chi connectivity index (χ3n) is 4.27. The lowest BCUT2D eigenvalue weighted by molar-refractivity contribution is -0.140. The number of hydrogen-bond acceptors (Lipinski definition) is 3. The first-order valence-electron chi connectivity index (χ1n) is 7.14. The van der Waals surface area contributed by atoms with Gasteiger partial charge in [-0.3, -0.25) is 4.90 Å². The molecule has 0 radical (unpaired) electrons. The van der Waals surface area contributed by atoms with Gasteiger partial charge in [-0.25, -0.2) is 4.39 Å². The van der Waals surface area contributed by atoms with Crippen LogP contribution in [0.15, 0.2) is 18.2 Å². The molecular formula is C15H19F4NO2. The fourth-order valence-corrected chi connectivity index (χ4v) is 2.73. The van der Waals surface area contributed by atoms with E-state index in [4.69, 9.17) is 0 Å². The number of rotatable bonds is 3. The van der Waals surface area contributed by atoms with Gasteiger partial charge in [0.1, 0.15) is 5.82 Å². The highest BCUT2D eigenvalue weighted by molar-refractivity contribution is 5.27. The quantitative estimate of drug-likeness (QED) is 0.841. The molecule has 0 bridgehead atoms. The third-order valence-corrected chi connectivity index (χ3v) is 4.27. The Morgan fingerprint density at radius 1 is 1.36 bits per heavy atom. The predicted octanol–water partition coefficient (Wildman–Crippen LogP) is 2.55. The van der Waals surface area contributed by atoms with Crippen molar-refractivity contribution in [1.82, 2.24) is 4.90 Å². The first kappa shape index (κ1) is 17.2. The molecule has 124 valence electrons. The summed E-state index contributed by atoms with van der Waals surface area (Å²) in [5, 5.41) is 20.1. The molecule has 0 spiro atoms. The first-order chi connectivity index (χ1) is 10.2. The summed E-state index contributed by atoms with van der Waals surface area (Å²) >= 11 is 0. The maximum atomic E-state index is 13.2. The molecule has 2 rings (SSSR count). The minimum atomic E-state index is -4.73. The molecule has 7 heteroatoms. The molecule has 1 aromatic carbocycles. The summed E-state index contributed by atoms with van der Waals surface area (Å²) in [7, 11) is 0. The summed E-state index contributed by atoms with van der Waals surface area (Å²) in [5.41, 5.74) is -2.10. The van der Waals surface area contributed by atoms with Gasteiger partial charge in [0.15, 0.2) is 0 Å². The Morgan fingerprint density at radius 3 is 2.59 bits per heavy atom. The van der Waals surface area contributed by atoms with Crippen LogP contribution in [0.25, 0.3) is 0 Å². The van der Waals surface area contributed by atoms with E-state index in [9.17, 15) is 27.8 Å². The molecule has 1 heterocycles. The van der Waals surface area contributed by atoms with Crippen molar-refractivity contribution in [3.05, 3.63) is 35.1 Å². The van der Waals surface area contributed by atoms with Crippen LogP contribution >= 0.6 is 0 Å². The van der Waals surface area contributed by atoms with Crippen molar-refractivity contribution in [3.8, 4) is 0 Å². The van der Waals surface area contributed by atoms with Crippen LogP contribution in [0, 0.1) is 5.82 Å². The summed E-state index contributed by atoms with van der Waals surface area (Å²) in [6, 6.07) is 2.90. The summed E-state index contributed by atoms with van der Waals surface area (Å²) < 4.78 is 51.3. The molecule has 1 aliphatic heterocycles. The van der Waals surface area contributed by atoms with Crippen molar-refractivity contribution in [2.75, 3.05) is 13.1 Å². The number of alkyl halides is 3. The Balaban J connectivity index is 2.10. The Kier molecular flexibility index (Phi) is 4.79. The highest BCUT2D eigenvalue weighted by atomic mass is 19.4. The molecule has 0 amide bonds. The van der Waals surface area contributed by atoms with Crippen molar-refractivity contribution in [1.29, 1.82) is 0 Å². The second kappa shape index (κ2) is 6.14. The third kappa shape index (κ3) is 3.59. The van der Waals surface area contributed by atoms with Crippen LogP contribution in [0.1, 0.15) is 30.9 Å². The van der Waals surface area contributed by atoms with Crippen LogP contribution in [-0.4, -0.2) is 39.9 Å². The normalized spacial score (nSPS) is 27.1. The Hall–Kier alpha value is -1.18. The number of piperidine rings is 1. The van der Waals surface area contributed by atoms with Crippen molar-refractivity contribution < 1.29 is 27.8 Å². The van der Waals surface area contributed by atoms with E-state index in [1.54, 1.807) is 11.8 Å². The number of hydrogen-bond donors (Lipinski definition) is 2. The largest absolute Gasteiger partial charge is 0.419 e. The minimum absolute atomic E-state index is 0.167. The van der Waals surface area contributed by atoms with Gasteiger partial charge in [0.25, 0.3) is 0 Å².